The quantitative estimate of drug-likeness (QED) is 0.841. The van der Waals surface area contributed by atoms with Gasteiger partial charge in [0.05, 0.1) is 18.8 Å². The Balaban J connectivity index is 2.01. The maximum Gasteiger partial charge on any atom is 0.248 e. The average Bonchev–Trinajstić information content (AvgIpc) is 2.33. The zero-order valence-electron chi connectivity index (χ0n) is 9.98. The van der Waals surface area contributed by atoms with Gasteiger partial charge >= 0.3 is 0 Å². The van der Waals surface area contributed by atoms with Crippen LogP contribution in [0.25, 0.3) is 0 Å². The number of anilines is 1. The van der Waals surface area contributed by atoms with Crippen molar-refractivity contribution in [1.29, 1.82) is 0 Å². The van der Waals surface area contributed by atoms with Gasteiger partial charge in [0.2, 0.25) is 5.91 Å². The molecule has 5 nitrogen and oxygen atoms in total. The smallest absolute Gasteiger partial charge is 0.248 e. The first-order valence-electron chi connectivity index (χ1n) is 5.84. The third-order valence-electron chi connectivity index (χ3n) is 2.63. The van der Waals surface area contributed by atoms with Crippen LogP contribution in [0.4, 0.5) is 5.69 Å². The summed E-state index contributed by atoms with van der Waals surface area (Å²) in [6, 6.07) is 3.90. The second-order valence-electron chi connectivity index (χ2n) is 3.93. The molecule has 1 aliphatic heterocycles. The molecule has 0 aromatic carbocycles. The van der Waals surface area contributed by atoms with Gasteiger partial charge in [-0.15, -0.1) is 0 Å². The van der Waals surface area contributed by atoms with Crippen molar-refractivity contribution < 1.29 is 9.53 Å². The second-order valence-corrected chi connectivity index (χ2v) is 3.93. The maximum atomic E-state index is 11.6. The second kappa shape index (κ2) is 5.63. The molecule has 1 aromatic rings. The fourth-order valence-corrected chi connectivity index (χ4v) is 1.79. The van der Waals surface area contributed by atoms with Crippen LogP contribution in [-0.2, 0) is 16.1 Å². The molecule has 2 heterocycles. The lowest BCUT2D eigenvalue weighted by molar-refractivity contribution is -0.143. The van der Waals surface area contributed by atoms with E-state index in [1.54, 1.807) is 11.1 Å². The van der Waals surface area contributed by atoms with Crippen LogP contribution in [0.3, 0.4) is 0 Å². The van der Waals surface area contributed by atoms with Crippen molar-refractivity contribution in [2.75, 3.05) is 31.6 Å². The van der Waals surface area contributed by atoms with Crippen molar-refractivity contribution >= 4 is 11.6 Å². The van der Waals surface area contributed by atoms with Gasteiger partial charge in [-0.25, -0.2) is 0 Å². The zero-order chi connectivity index (χ0) is 12.1. The van der Waals surface area contributed by atoms with E-state index in [9.17, 15) is 4.79 Å². The van der Waals surface area contributed by atoms with E-state index in [2.05, 4.69) is 10.3 Å². The third kappa shape index (κ3) is 3.17. The van der Waals surface area contributed by atoms with E-state index in [1.165, 1.54) is 0 Å². The van der Waals surface area contributed by atoms with Crippen LogP contribution >= 0.6 is 0 Å². The molecule has 5 heteroatoms. The van der Waals surface area contributed by atoms with Gasteiger partial charge in [-0.3, -0.25) is 9.78 Å². The van der Waals surface area contributed by atoms with E-state index in [0.29, 0.717) is 19.7 Å². The minimum Gasteiger partial charge on any atom is -0.385 e. The Hall–Kier alpha value is -1.62. The van der Waals surface area contributed by atoms with Crippen LogP contribution in [0.2, 0.25) is 0 Å². The number of hydrogen-bond acceptors (Lipinski definition) is 4. The van der Waals surface area contributed by atoms with E-state index in [1.807, 2.05) is 19.1 Å². The van der Waals surface area contributed by atoms with Gasteiger partial charge in [0.1, 0.15) is 6.61 Å². The van der Waals surface area contributed by atoms with Crippen LogP contribution in [0.5, 0.6) is 0 Å². The SMILES string of the molecule is CCNc1ccnc(CN2CCOCC2=O)c1. The summed E-state index contributed by atoms with van der Waals surface area (Å²) in [6.07, 6.45) is 1.76. The van der Waals surface area contributed by atoms with Gasteiger partial charge in [-0.05, 0) is 19.1 Å². The number of carbonyl (C=O) groups excluding carboxylic acids is 1. The monoisotopic (exact) mass is 235 g/mol. The first-order valence-corrected chi connectivity index (χ1v) is 5.84. The predicted octanol–water partition coefficient (Wildman–Crippen LogP) is 0.872. The lowest BCUT2D eigenvalue weighted by Crippen LogP contribution is -2.41. The van der Waals surface area contributed by atoms with Crippen LogP contribution in [0, 0.1) is 0 Å². The molecule has 0 radical (unpaired) electrons. The molecule has 0 atom stereocenters. The van der Waals surface area contributed by atoms with Crippen LogP contribution < -0.4 is 5.32 Å². The number of nitrogens with one attached hydrogen (secondary N) is 1. The molecule has 17 heavy (non-hydrogen) atoms. The summed E-state index contributed by atoms with van der Waals surface area (Å²) in [5.74, 6) is 0.0342. The molecule has 2 rings (SSSR count). The number of nitrogens with zero attached hydrogens (tertiary/aromatic N) is 2. The summed E-state index contributed by atoms with van der Waals surface area (Å²) < 4.78 is 5.09. The number of amides is 1. The van der Waals surface area contributed by atoms with Gasteiger partial charge in [0, 0.05) is 25.0 Å². The van der Waals surface area contributed by atoms with Crippen molar-refractivity contribution in [2.24, 2.45) is 0 Å². The molecule has 92 valence electrons. The van der Waals surface area contributed by atoms with E-state index in [0.717, 1.165) is 17.9 Å². The van der Waals surface area contributed by atoms with E-state index < -0.39 is 0 Å². The number of rotatable bonds is 4. The topological polar surface area (TPSA) is 54.5 Å². The van der Waals surface area contributed by atoms with Gasteiger partial charge < -0.3 is 15.0 Å². The highest BCUT2D eigenvalue weighted by Crippen LogP contribution is 2.11. The van der Waals surface area contributed by atoms with Crippen molar-refractivity contribution in [3.05, 3.63) is 24.0 Å². The number of morpholine rings is 1. The molecule has 1 fully saturated rings. The minimum absolute atomic E-state index is 0.0342. The number of carbonyl (C=O) groups is 1. The molecule has 1 amide bonds. The summed E-state index contributed by atoms with van der Waals surface area (Å²) in [5.41, 5.74) is 1.94. The van der Waals surface area contributed by atoms with Crippen LogP contribution in [-0.4, -0.2) is 42.1 Å². The Morgan fingerprint density at radius 3 is 3.24 bits per heavy atom. The Kier molecular flexibility index (Phi) is 3.93. The minimum atomic E-state index is 0.0342. The summed E-state index contributed by atoms with van der Waals surface area (Å²) in [4.78, 5) is 17.6. The Morgan fingerprint density at radius 1 is 1.59 bits per heavy atom. The normalized spacial score (nSPS) is 16.1. The molecular formula is C12H17N3O2. The summed E-state index contributed by atoms with van der Waals surface area (Å²) in [5, 5.41) is 3.23. The van der Waals surface area contributed by atoms with Crippen molar-refractivity contribution in [3.63, 3.8) is 0 Å². The molecular weight excluding hydrogens is 218 g/mol. The predicted molar refractivity (Wildman–Crippen MR) is 64.6 cm³/mol. The van der Waals surface area contributed by atoms with Gasteiger partial charge in [-0.2, -0.15) is 0 Å². The standard InChI is InChI=1S/C12H17N3O2/c1-2-13-10-3-4-14-11(7-10)8-15-5-6-17-9-12(15)16/h3-4,7H,2,5-6,8-9H2,1H3,(H,13,14). The molecule has 0 spiro atoms. The summed E-state index contributed by atoms with van der Waals surface area (Å²) in [6.45, 7) is 4.92. The average molecular weight is 235 g/mol. The summed E-state index contributed by atoms with van der Waals surface area (Å²) >= 11 is 0. The van der Waals surface area contributed by atoms with Crippen LogP contribution in [0.1, 0.15) is 12.6 Å². The maximum absolute atomic E-state index is 11.6. The number of ether oxygens (including phenoxy) is 1. The molecule has 0 unspecified atom stereocenters. The first kappa shape index (κ1) is 11.9. The molecule has 1 N–H and O–H groups in total. The Bertz CT molecular complexity index is 395. The highest BCUT2D eigenvalue weighted by molar-refractivity contribution is 5.77. The zero-order valence-corrected chi connectivity index (χ0v) is 9.98. The highest BCUT2D eigenvalue weighted by atomic mass is 16.5. The lowest BCUT2D eigenvalue weighted by Gasteiger charge is -2.26. The largest absolute Gasteiger partial charge is 0.385 e. The molecule has 0 bridgehead atoms. The van der Waals surface area contributed by atoms with Crippen molar-refractivity contribution in [2.45, 2.75) is 13.5 Å². The number of pyridine rings is 1. The first-order chi connectivity index (χ1) is 8.29. The number of hydrogen-bond donors (Lipinski definition) is 1. The number of aromatic nitrogens is 1. The highest BCUT2D eigenvalue weighted by Gasteiger charge is 2.18. The molecule has 0 aliphatic carbocycles. The fraction of sp³-hybridized carbons (Fsp3) is 0.500. The van der Waals surface area contributed by atoms with Gasteiger partial charge in [0.25, 0.3) is 0 Å². The van der Waals surface area contributed by atoms with Crippen LogP contribution in [0.15, 0.2) is 18.3 Å². The Morgan fingerprint density at radius 2 is 2.47 bits per heavy atom. The van der Waals surface area contributed by atoms with E-state index >= 15 is 0 Å². The fourth-order valence-electron chi connectivity index (χ4n) is 1.79. The van der Waals surface area contributed by atoms with Crippen molar-refractivity contribution in [3.8, 4) is 0 Å². The van der Waals surface area contributed by atoms with Gasteiger partial charge in [-0.1, -0.05) is 0 Å². The molecule has 1 aromatic heterocycles. The van der Waals surface area contributed by atoms with E-state index in [-0.39, 0.29) is 12.5 Å². The molecule has 1 aliphatic rings. The Labute approximate surface area is 101 Å². The lowest BCUT2D eigenvalue weighted by atomic mass is 10.3. The molecule has 0 saturated carbocycles. The van der Waals surface area contributed by atoms with Gasteiger partial charge in [0.15, 0.2) is 0 Å². The van der Waals surface area contributed by atoms with E-state index in [4.69, 9.17) is 4.74 Å². The molecule has 1 saturated heterocycles. The van der Waals surface area contributed by atoms with Crippen molar-refractivity contribution in [1.82, 2.24) is 9.88 Å². The third-order valence-corrected chi connectivity index (χ3v) is 2.63. The summed E-state index contributed by atoms with van der Waals surface area (Å²) in [7, 11) is 0.